The Balaban J connectivity index is 1.41. The molecule has 4 N–H and O–H groups in total. The molecule has 2 fully saturated rings. The molecule has 9 heteroatoms. The summed E-state index contributed by atoms with van der Waals surface area (Å²) >= 11 is 0. The molecule has 1 aliphatic heterocycles. The van der Waals surface area contributed by atoms with Crippen LogP contribution < -0.4 is 10.8 Å². The second kappa shape index (κ2) is 17.3. The van der Waals surface area contributed by atoms with Crippen LogP contribution in [-0.2, 0) is 25.7 Å². The molecule has 0 bridgehead atoms. The number of ether oxygens (including phenoxy) is 2. The minimum atomic E-state index is -0.594. The monoisotopic (exact) mass is 593 g/mol. The second-order valence-electron chi connectivity index (χ2n) is 11.7. The van der Waals surface area contributed by atoms with Crippen molar-refractivity contribution in [1.82, 2.24) is 10.4 Å². The number of hydrogen-bond acceptors (Lipinski definition) is 7. The molecule has 0 radical (unpaired) electrons. The molecule has 0 spiro atoms. The van der Waals surface area contributed by atoms with Gasteiger partial charge in [-0.3, -0.25) is 19.7 Å². The fraction of sp³-hybridized carbons (Fsp3) is 0.529. The van der Waals surface area contributed by atoms with Crippen molar-refractivity contribution >= 4 is 17.5 Å². The highest BCUT2D eigenvalue weighted by molar-refractivity contribution is 5.90. The summed E-state index contributed by atoms with van der Waals surface area (Å²) in [6, 6.07) is 16.1. The lowest BCUT2D eigenvalue weighted by atomic mass is 9.99. The molecule has 1 saturated heterocycles. The zero-order valence-corrected chi connectivity index (χ0v) is 25.1. The fourth-order valence-corrected chi connectivity index (χ4v) is 6.07. The van der Waals surface area contributed by atoms with Crippen molar-refractivity contribution in [3.63, 3.8) is 0 Å². The Morgan fingerprint density at radius 2 is 1.67 bits per heavy atom. The van der Waals surface area contributed by atoms with Gasteiger partial charge in [-0.05, 0) is 48.9 Å². The number of anilines is 1. The highest BCUT2D eigenvalue weighted by Crippen LogP contribution is 2.39. The van der Waals surface area contributed by atoms with E-state index in [0.717, 1.165) is 55.5 Å². The topological polar surface area (TPSA) is 120 Å². The zero-order valence-electron chi connectivity index (χ0n) is 25.1. The normalized spacial score (nSPS) is 20.7. The first-order valence-electron chi connectivity index (χ1n) is 15.7. The summed E-state index contributed by atoms with van der Waals surface area (Å²) in [4.78, 5) is 26.2. The van der Waals surface area contributed by atoms with Gasteiger partial charge in [-0.1, -0.05) is 68.2 Å². The van der Waals surface area contributed by atoms with Crippen LogP contribution in [0.5, 0.6) is 0 Å². The molecule has 2 amide bonds. The van der Waals surface area contributed by atoms with Gasteiger partial charge in [0.2, 0.25) is 11.8 Å². The summed E-state index contributed by atoms with van der Waals surface area (Å²) in [5.74, 6) is -0.448. The molecule has 2 aromatic carbocycles. The molecule has 9 nitrogen and oxygen atoms in total. The lowest BCUT2D eigenvalue weighted by Crippen LogP contribution is -2.43. The average molecular weight is 594 g/mol. The molecule has 2 aliphatic rings. The molecule has 3 atom stereocenters. The fourth-order valence-electron chi connectivity index (χ4n) is 6.07. The molecule has 1 aliphatic carbocycles. The smallest absolute Gasteiger partial charge is 0.243 e. The van der Waals surface area contributed by atoms with E-state index >= 15 is 0 Å². The summed E-state index contributed by atoms with van der Waals surface area (Å²) in [5, 5.41) is 21.1. The van der Waals surface area contributed by atoms with E-state index in [1.807, 2.05) is 54.6 Å². The van der Waals surface area contributed by atoms with Gasteiger partial charge in [0.15, 0.2) is 6.29 Å². The molecule has 4 rings (SSSR count). The number of nitrogens with zero attached hydrogens (tertiary/aromatic N) is 1. The number of aliphatic hydroxyl groups is 1. The number of aliphatic hydroxyl groups excluding tert-OH is 1. The van der Waals surface area contributed by atoms with Crippen molar-refractivity contribution in [3.8, 4) is 0 Å². The zero-order chi connectivity index (χ0) is 30.4. The summed E-state index contributed by atoms with van der Waals surface area (Å²) in [5.41, 5.74) is 5.09. The van der Waals surface area contributed by atoms with E-state index in [1.54, 1.807) is 5.48 Å². The second-order valence-corrected chi connectivity index (χ2v) is 11.7. The number of hydroxylamine groups is 1. The van der Waals surface area contributed by atoms with E-state index in [9.17, 15) is 14.7 Å². The maximum Gasteiger partial charge on any atom is 0.243 e. The lowest BCUT2D eigenvalue weighted by molar-refractivity contribution is -0.253. The SMILES string of the molecule is C=CCN(C[C@@H]1C[C@H](c2ccc(CO)cc2)O[C@H](c2cccc(NC(=O)CCCCCCC(=O)NO)c2)O1)C1CCCC1. The number of amides is 2. The van der Waals surface area contributed by atoms with Crippen molar-refractivity contribution in [3.05, 3.63) is 77.9 Å². The Morgan fingerprint density at radius 1 is 0.953 bits per heavy atom. The summed E-state index contributed by atoms with van der Waals surface area (Å²) in [7, 11) is 0. The van der Waals surface area contributed by atoms with Crippen molar-refractivity contribution in [2.24, 2.45) is 0 Å². The quantitative estimate of drug-likeness (QED) is 0.0823. The molecule has 0 aromatic heterocycles. The highest BCUT2D eigenvalue weighted by atomic mass is 16.7. The van der Waals surface area contributed by atoms with Crippen molar-refractivity contribution in [2.45, 2.75) is 102 Å². The number of carbonyl (C=O) groups excluding carboxylic acids is 2. The van der Waals surface area contributed by atoms with Crippen LogP contribution in [0.2, 0.25) is 0 Å². The van der Waals surface area contributed by atoms with Gasteiger partial charge in [0.1, 0.15) is 0 Å². The van der Waals surface area contributed by atoms with Crippen LogP contribution in [0.25, 0.3) is 0 Å². The Morgan fingerprint density at radius 3 is 2.35 bits per heavy atom. The van der Waals surface area contributed by atoms with Crippen LogP contribution in [0.4, 0.5) is 5.69 Å². The molecular weight excluding hydrogens is 546 g/mol. The van der Waals surface area contributed by atoms with E-state index in [1.165, 1.54) is 25.7 Å². The first kappa shape index (κ1) is 32.8. The van der Waals surface area contributed by atoms with E-state index < -0.39 is 6.29 Å². The van der Waals surface area contributed by atoms with Crippen LogP contribution in [0.1, 0.15) is 99.7 Å². The minimum absolute atomic E-state index is 0.0000695. The van der Waals surface area contributed by atoms with Gasteiger partial charge in [-0.2, -0.15) is 0 Å². The van der Waals surface area contributed by atoms with Crippen LogP contribution in [0, 0.1) is 0 Å². The Bertz CT molecular complexity index is 1170. The Kier molecular flexibility index (Phi) is 13.2. The van der Waals surface area contributed by atoms with Crippen LogP contribution >= 0.6 is 0 Å². The first-order chi connectivity index (χ1) is 21.0. The average Bonchev–Trinajstić information content (AvgIpc) is 3.58. The lowest BCUT2D eigenvalue weighted by Gasteiger charge is -2.39. The van der Waals surface area contributed by atoms with Gasteiger partial charge in [0.05, 0.1) is 18.8 Å². The predicted molar refractivity (Wildman–Crippen MR) is 165 cm³/mol. The number of hydrogen-bond donors (Lipinski definition) is 4. The third-order valence-electron chi connectivity index (χ3n) is 8.38. The van der Waals surface area contributed by atoms with Crippen molar-refractivity contribution in [1.29, 1.82) is 0 Å². The van der Waals surface area contributed by atoms with E-state index in [-0.39, 0.29) is 37.0 Å². The van der Waals surface area contributed by atoms with Gasteiger partial charge in [0, 0.05) is 49.6 Å². The number of unbranched alkanes of at least 4 members (excludes halogenated alkanes) is 3. The maximum atomic E-state index is 12.6. The molecule has 1 saturated carbocycles. The van der Waals surface area contributed by atoms with Crippen LogP contribution in [0.3, 0.4) is 0 Å². The van der Waals surface area contributed by atoms with Crippen LogP contribution in [0.15, 0.2) is 61.2 Å². The van der Waals surface area contributed by atoms with Crippen molar-refractivity contribution in [2.75, 3.05) is 18.4 Å². The Labute approximate surface area is 255 Å². The molecule has 2 aromatic rings. The number of rotatable bonds is 16. The van der Waals surface area contributed by atoms with Gasteiger partial charge in [0.25, 0.3) is 0 Å². The van der Waals surface area contributed by atoms with E-state index in [0.29, 0.717) is 24.6 Å². The van der Waals surface area contributed by atoms with Gasteiger partial charge in [-0.25, -0.2) is 5.48 Å². The van der Waals surface area contributed by atoms with Gasteiger partial charge < -0.3 is 19.9 Å². The highest BCUT2D eigenvalue weighted by Gasteiger charge is 2.34. The third-order valence-corrected chi connectivity index (χ3v) is 8.38. The maximum absolute atomic E-state index is 12.6. The summed E-state index contributed by atoms with van der Waals surface area (Å²) in [6.07, 6.45) is 10.5. The largest absolute Gasteiger partial charge is 0.392 e. The number of nitrogens with one attached hydrogen (secondary N) is 2. The Hall–Kier alpha value is -3.08. The summed E-state index contributed by atoms with van der Waals surface area (Å²) in [6.45, 7) is 5.62. The molecule has 1 heterocycles. The molecule has 234 valence electrons. The first-order valence-corrected chi connectivity index (χ1v) is 15.7. The van der Waals surface area contributed by atoms with E-state index in [4.69, 9.17) is 14.7 Å². The predicted octanol–water partition coefficient (Wildman–Crippen LogP) is 5.94. The van der Waals surface area contributed by atoms with Crippen LogP contribution in [-0.4, -0.2) is 52.3 Å². The standard InChI is InChI=1S/C34H47N3O6/c1-2-20-37(29-12-7-8-13-29)23-30-22-31(26-18-16-25(24-38)17-19-26)43-34(42-30)27-10-9-11-28(21-27)35-32(39)14-5-3-4-6-15-33(40)36-41/h2,9-11,16-19,21,29-31,34,38,41H,1,3-8,12-15,20,22-24H2,(H,35,39)(H,36,40)/t30-,31+,34+/m0/s1. The molecule has 43 heavy (non-hydrogen) atoms. The minimum Gasteiger partial charge on any atom is -0.392 e. The van der Waals surface area contributed by atoms with Gasteiger partial charge in [-0.15, -0.1) is 6.58 Å². The molecule has 0 unspecified atom stereocenters. The summed E-state index contributed by atoms with van der Waals surface area (Å²) < 4.78 is 13.1. The third kappa shape index (κ3) is 10.3. The van der Waals surface area contributed by atoms with Crippen molar-refractivity contribution < 1.29 is 29.4 Å². The van der Waals surface area contributed by atoms with E-state index in [2.05, 4.69) is 16.8 Å². The number of benzene rings is 2. The van der Waals surface area contributed by atoms with Gasteiger partial charge >= 0.3 is 0 Å². The molecular formula is C34H47N3O6. The number of carbonyl (C=O) groups is 2.